The summed E-state index contributed by atoms with van der Waals surface area (Å²) in [5.41, 5.74) is 5.70. The Morgan fingerprint density at radius 1 is 1.20 bits per heavy atom. The van der Waals surface area contributed by atoms with Gasteiger partial charge in [-0.25, -0.2) is 8.42 Å². The third kappa shape index (κ3) is 3.29. The lowest BCUT2D eigenvalue weighted by Crippen LogP contribution is -2.11. The summed E-state index contributed by atoms with van der Waals surface area (Å²) >= 11 is 16.3. The largest absolute Gasteiger partial charge is 0.326 e. The Morgan fingerprint density at radius 3 is 2.50 bits per heavy atom. The van der Waals surface area contributed by atoms with Gasteiger partial charge in [-0.05, 0) is 40.2 Å². The van der Waals surface area contributed by atoms with Crippen LogP contribution in [0.2, 0.25) is 10.0 Å². The molecule has 0 fully saturated rings. The number of thiophene rings is 1. The van der Waals surface area contributed by atoms with E-state index in [9.17, 15) is 8.42 Å². The van der Waals surface area contributed by atoms with Crippen molar-refractivity contribution in [3.05, 3.63) is 43.7 Å². The van der Waals surface area contributed by atoms with E-state index in [1.807, 2.05) is 0 Å². The molecule has 2 rings (SSSR count). The Morgan fingerprint density at radius 2 is 1.90 bits per heavy atom. The molecule has 108 valence electrons. The van der Waals surface area contributed by atoms with Crippen LogP contribution < -0.4 is 10.5 Å². The van der Waals surface area contributed by atoms with Crippen molar-refractivity contribution in [2.75, 3.05) is 4.72 Å². The van der Waals surface area contributed by atoms with Crippen LogP contribution in [-0.4, -0.2) is 8.42 Å². The number of anilines is 1. The van der Waals surface area contributed by atoms with Gasteiger partial charge < -0.3 is 5.73 Å². The molecule has 9 heteroatoms. The molecular formula is C11H9BrCl2N2O2S2. The maximum Gasteiger partial charge on any atom is 0.271 e. The highest BCUT2D eigenvalue weighted by molar-refractivity contribution is 9.10. The minimum atomic E-state index is -3.70. The molecular weight excluding hydrogens is 407 g/mol. The number of nitrogens with one attached hydrogen (secondary N) is 1. The lowest BCUT2D eigenvalue weighted by molar-refractivity contribution is 0.603. The van der Waals surface area contributed by atoms with Crippen LogP contribution in [0.25, 0.3) is 0 Å². The number of halogens is 3. The number of rotatable bonds is 4. The van der Waals surface area contributed by atoms with Gasteiger partial charge in [-0.2, -0.15) is 0 Å². The lowest BCUT2D eigenvalue weighted by Gasteiger charge is -2.10. The molecule has 2 aromatic rings. The van der Waals surface area contributed by atoms with Gasteiger partial charge in [0.1, 0.15) is 4.21 Å². The predicted molar refractivity (Wildman–Crippen MR) is 87.2 cm³/mol. The van der Waals surface area contributed by atoms with Crippen LogP contribution >= 0.6 is 50.5 Å². The van der Waals surface area contributed by atoms with Gasteiger partial charge in [-0.1, -0.05) is 23.2 Å². The minimum absolute atomic E-state index is 0.139. The molecule has 0 aliphatic rings. The zero-order valence-electron chi connectivity index (χ0n) is 9.86. The Labute approximate surface area is 139 Å². The molecule has 1 aromatic carbocycles. The molecule has 4 nitrogen and oxygen atoms in total. The highest BCUT2D eigenvalue weighted by Gasteiger charge is 2.19. The Hall–Kier alpha value is -0.310. The number of hydrogen-bond donors (Lipinski definition) is 2. The molecule has 1 aromatic heterocycles. The topological polar surface area (TPSA) is 72.2 Å². The Balaban J connectivity index is 2.36. The van der Waals surface area contributed by atoms with Crippen molar-refractivity contribution in [3.8, 4) is 0 Å². The molecule has 0 spiro atoms. The summed E-state index contributed by atoms with van der Waals surface area (Å²) in [4.78, 5) is 0.783. The predicted octanol–water partition coefficient (Wildman–Crippen LogP) is 4.08. The molecule has 20 heavy (non-hydrogen) atoms. The summed E-state index contributed by atoms with van der Waals surface area (Å²) in [6.45, 7) is 0.297. The van der Waals surface area contributed by atoms with Gasteiger partial charge >= 0.3 is 0 Å². The SMILES string of the molecule is NCc1ccc(S(=O)(=O)Nc2ccc(Br)c(Cl)c2Cl)s1. The molecule has 0 atom stereocenters. The van der Waals surface area contributed by atoms with Crippen molar-refractivity contribution >= 4 is 66.2 Å². The van der Waals surface area contributed by atoms with Crippen molar-refractivity contribution < 1.29 is 8.42 Å². The fourth-order valence-corrected chi connectivity index (χ4v) is 4.60. The lowest BCUT2D eigenvalue weighted by atomic mass is 10.3. The average Bonchev–Trinajstić information content (AvgIpc) is 2.89. The Bertz CT molecular complexity index is 747. The normalized spacial score (nSPS) is 11.6. The summed E-state index contributed by atoms with van der Waals surface area (Å²) in [5, 5.41) is 0.390. The van der Waals surface area contributed by atoms with Crippen LogP contribution in [0.1, 0.15) is 4.88 Å². The maximum atomic E-state index is 12.2. The van der Waals surface area contributed by atoms with Crippen molar-refractivity contribution in [2.45, 2.75) is 10.8 Å². The van der Waals surface area contributed by atoms with E-state index < -0.39 is 10.0 Å². The molecule has 0 unspecified atom stereocenters. The highest BCUT2D eigenvalue weighted by Crippen LogP contribution is 2.37. The number of hydrogen-bond acceptors (Lipinski definition) is 4. The molecule has 3 N–H and O–H groups in total. The van der Waals surface area contributed by atoms with E-state index in [1.54, 1.807) is 12.1 Å². The molecule has 0 amide bonds. The molecule has 0 saturated heterocycles. The highest BCUT2D eigenvalue weighted by atomic mass is 79.9. The van der Waals surface area contributed by atoms with Gasteiger partial charge in [0, 0.05) is 15.9 Å². The van der Waals surface area contributed by atoms with Gasteiger partial charge in [0.05, 0.1) is 15.7 Å². The van der Waals surface area contributed by atoms with E-state index in [0.29, 0.717) is 11.0 Å². The van der Waals surface area contributed by atoms with E-state index in [4.69, 9.17) is 28.9 Å². The van der Waals surface area contributed by atoms with Gasteiger partial charge in [-0.15, -0.1) is 11.3 Å². The quantitative estimate of drug-likeness (QED) is 0.739. The molecule has 0 radical (unpaired) electrons. The second-order valence-corrected chi connectivity index (χ2v) is 8.44. The molecule has 0 bridgehead atoms. The summed E-state index contributed by atoms with van der Waals surface area (Å²) < 4.78 is 27.6. The third-order valence-electron chi connectivity index (χ3n) is 2.38. The summed E-state index contributed by atoms with van der Waals surface area (Å²) in [6.07, 6.45) is 0. The van der Waals surface area contributed by atoms with Crippen LogP contribution in [0.5, 0.6) is 0 Å². The second-order valence-electron chi connectivity index (χ2n) is 3.75. The van der Waals surface area contributed by atoms with Gasteiger partial charge in [0.15, 0.2) is 0 Å². The molecule has 1 heterocycles. The number of nitrogens with two attached hydrogens (primary N) is 1. The average molecular weight is 416 g/mol. The fourth-order valence-electron chi connectivity index (χ4n) is 1.41. The summed E-state index contributed by atoms with van der Waals surface area (Å²) in [7, 11) is -3.70. The number of benzene rings is 1. The fraction of sp³-hybridized carbons (Fsp3) is 0.0909. The van der Waals surface area contributed by atoms with Crippen LogP contribution in [-0.2, 0) is 16.6 Å². The van der Waals surface area contributed by atoms with E-state index in [1.165, 1.54) is 12.1 Å². The first kappa shape index (κ1) is 16.1. The van der Waals surface area contributed by atoms with E-state index in [-0.39, 0.29) is 19.9 Å². The van der Waals surface area contributed by atoms with Crippen molar-refractivity contribution in [2.24, 2.45) is 5.73 Å². The van der Waals surface area contributed by atoms with E-state index >= 15 is 0 Å². The van der Waals surface area contributed by atoms with Crippen LogP contribution in [0, 0.1) is 0 Å². The minimum Gasteiger partial charge on any atom is -0.326 e. The van der Waals surface area contributed by atoms with Crippen LogP contribution in [0.3, 0.4) is 0 Å². The number of sulfonamides is 1. The molecule has 0 aliphatic heterocycles. The van der Waals surface area contributed by atoms with Gasteiger partial charge in [0.25, 0.3) is 10.0 Å². The first-order valence-electron chi connectivity index (χ1n) is 5.30. The van der Waals surface area contributed by atoms with Crippen molar-refractivity contribution in [1.29, 1.82) is 0 Å². The molecule has 0 saturated carbocycles. The Kier molecular flexibility index (Phi) is 4.99. The monoisotopic (exact) mass is 414 g/mol. The third-order valence-corrected chi connectivity index (χ3v) is 7.12. The van der Waals surface area contributed by atoms with Gasteiger partial charge in [-0.3, -0.25) is 4.72 Å². The van der Waals surface area contributed by atoms with E-state index in [2.05, 4.69) is 20.7 Å². The van der Waals surface area contributed by atoms with Crippen LogP contribution in [0.15, 0.2) is 32.9 Å². The first-order chi connectivity index (χ1) is 9.35. The maximum absolute atomic E-state index is 12.2. The zero-order chi connectivity index (χ0) is 14.9. The van der Waals surface area contributed by atoms with Crippen molar-refractivity contribution in [1.82, 2.24) is 0 Å². The zero-order valence-corrected chi connectivity index (χ0v) is 14.6. The van der Waals surface area contributed by atoms with Gasteiger partial charge in [0.2, 0.25) is 0 Å². The second kappa shape index (κ2) is 6.21. The molecule has 0 aliphatic carbocycles. The summed E-state index contributed by atoms with van der Waals surface area (Å²) in [6, 6.07) is 6.33. The van der Waals surface area contributed by atoms with Crippen molar-refractivity contribution in [3.63, 3.8) is 0 Å². The van der Waals surface area contributed by atoms with E-state index in [0.717, 1.165) is 16.2 Å². The smallest absolute Gasteiger partial charge is 0.271 e. The van der Waals surface area contributed by atoms with Crippen LogP contribution in [0.4, 0.5) is 5.69 Å². The summed E-state index contributed by atoms with van der Waals surface area (Å²) in [5.74, 6) is 0. The first-order valence-corrected chi connectivity index (χ1v) is 9.15. The standard InChI is InChI=1S/C11H9BrCl2N2O2S2/c12-7-2-3-8(11(14)10(7)13)16-20(17,18)9-4-1-6(5-15)19-9/h1-4,16H,5,15H2.